The lowest BCUT2D eigenvalue weighted by Crippen LogP contribution is -1.88. The van der Waals surface area contributed by atoms with Crippen molar-refractivity contribution in [3.63, 3.8) is 0 Å². The van der Waals surface area contributed by atoms with Crippen molar-refractivity contribution >= 4 is 27.6 Å². The lowest BCUT2D eigenvalue weighted by molar-refractivity contribution is -0.134. The standard InChI is InChI=1S/C6H5BrFN.C2H4O2/c7-4-1-2-5(8)6(9)3-4;1-2(3)4/h1-3H,9H2;1H3,(H,3,4). The Hall–Kier alpha value is -1.10. The van der Waals surface area contributed by atoms with Crippen LogP contribution in [0.25, 0.3) is 0 Å². The minimum absolute atomic E-state index is 0.171. The maximum absolute atomic E-state index is 12.4. The van der Waals surface area contributed by atoms with Gasteiger partial charge in [0.15, 0.2) is 0 Å². The molecule has 0 amide bonds. The maximum atomic E-state index is 12.4. The second-order valence-electron chi connectivity index (χ2n) is 2.18. The molecule has 0 aromatic heterocycles. The predicted molar refractivity (Wildman–Crippen MR) is 51.8 cm³/mol. The summed E-state index contributed by atoms with van der Waals surface area (Å²) in [6.45, 7) is 1.08. The highest BCUT2D eigenvalue weighted by Crippen LogP contribution is 2.16. The van der Waals surface area contributed by atoms with Gasteiger partial charge in [0.05, 0.1) is 5.69 Å². The van der Waals surface area contributed by atoms with Gasteiger partial charge in [-0.3, -0.25) is 4.79 Å². The van der Waals surface area contributed by atoms with Gasteiger partial charge in [-0.25, -0.2) is 4.39 Å². The van der Waals surface area contributed by atoms with Crippen LogP contribution in [0.5, 0.6) is 0 Å². The molecule has 5 heteroatoms. The molecule has 0 fully saturated rings. The molecule has 13 heavy (non-hydrogen) atoms. The molecule has 3 N–H and O–H groups in total. The summed E-state index contributed by atoms with van der Waals surface area (Å²) in [7, 11) is 0. The summed E-state index contributed by atoms with van der Waals surface area (Å²) in [5.41, 5.74) is 5.39. The molecule has 0 unspecified atom stereocenters. The smallest absolute Gasteiger partial charge is 0.300 e. The number of carboxylic acid groups (broad SMARTS) is 1. The van der Waals surface area contributed by atoms with Crippen molar-refractivity contribution in [2.75, 3.05) is 5.73 Å². The van der Waals surface area contributed by atoms with Gasteiger partial charge in [0, 0.05) is 11.4 Å². The van der Waals surface area contributed by atoms with Crippen LogP contribution in [0.1, 0.15) is 6.92 Å². The zero-order chi connectivity index (χ0) is 10.4. The van der Waals surface area contributed by atoms with Crippen molar-refractivity contribution in [1.82, 2.24) is 0 Å². The number of anilines is 1. The van der Waals surface area contributed by atoms with E-state index in [0.29, 0.717) is 0 Å². The van der Waals surface area contributed by atoms with Gasteiger partial charge >= 0.3 is 0 Å². The molecule has 0 saturated carbocycles. The summed E-state index contributed by atoms with van der Waals surface area (Å²) in [6.07, 6.45) is 0. The second kappa shape index (κ2) is 5.53. The summed E-state index contributed by atoms with van der Waals surface area (Å²) >= 11 is 3.15. The molecule has 1 rings (SSSR count). The Bertz CT molecular complexity index is 300. The van der Waals surface area contributed by atoms with E-state index in [9.17, 15) is 4.39 Å². The molecule has 0 saturated heterocycles. The molecule has 1 aromatic carbocycles. The summed E-state index contributed by atoms with van der Waals surface area (Å²) in [5, 5.41) is 7.42. The van der Waals surface area contributed by atoms with Crippen LogP contribution in [0.2, 0.25) is 0 Å². The first-order chi connectivity index (χ1) is 5.93. The quantitative estimate of drug-likeness (QED) is 0.694. The number of carbonyl (C=O) groups is 1. The van der Waals surface area contributed by atoms with Gasteiger partial charge in [0.25, 0.3) is 5.97 Å². The van der Waals surface area contributed by atoms with Crippen LogP contribution < -0.4 is 5.73 Å². The highest BCUT2D eigenvalue weighted by atomic mass is 79.9. The highest BCUT2D eigenvalue weighted by molar-refractivity contribution is 9.10. The lowest BCUT2D eigenvalue weighted by Gasteiger charge is -1.93. The van der Waals surface area contributed by atoms with Gasteiger partial charge in [-0.1, -0.05) is 15.9 Å². The first kappa shape index (κ1) is 11.9. The fourth-order valence-corrected chi connectivity index (χ4v) is 0.893. The third-order valence-corrected chi connectivity index (χ3v) is 1.45. The van der Waals surface area contributed by atoms with E-state index < -0.39 is 5.97 Å². The van der Waals surface area contributed by atoms with Gasteiger partial charge < -0.3 is 10.8 Å². The van der Waals surface area contributed by atoms with Gasteiger partial charge in [0.2, 0.25) is 0 Å². The third kappa shape index (κ3) is 6.10. The van der Waals surface area contributed by atoms with E-state index in [4.69, 9.17) is 15.6 Å². The average molecular weight is 250 g/mol. The molecule has 0 aliphatic heterocycles. The van der Waals surface area contributed by atoms with Crippen molar-refractivity contribution in [2.45, 2.75) is 6.92 Å². The molecule has 0 spiro atoms. The topological polar surface area (TPSA) is 63.3 Å². The molecule has 0 heterocycles. The van der Waals surface area contributed by atoms with E-state index >= 15 is 0 Å². The van der Waals surface area contributed by atoms with Crippen LogP contribution in [0, 0.1) is 5.82 Å². The molecule has 0 aliphatic carbocycles. The zero-order valence-corrected chi connectivity index (χ0v) is 8.51. The van der Waals surface area contributed by atoms with Crippen LogP contribution in [-0.4, -0.2) is 11.1 Å². The Labute approximate surface area is 83.5 Å². The number of halogens is 2. The lowest BCUT2D eigenvalue weighted by atomic mass is 10.3. The normalized spacial score (nSPS) is 8.54. The van der Waals surface area contributed by atoms with E-state index in [1.165, 1.54) is 12.1 Å². The molecule has 0 aliphatic rings. The fourth-order valence-electron chi connectivity index (χ4n) is 0.515. The summed E-state index contributed by atoms with van der Waals surface area (Å²) in [6, 6.07) is 4.44. The van der Waals surface area contributed by atoms with E-state index in [-0.39, 0.29) is 11.5 Å². The maximum Gasteiger partial charge on any atom is 0.300 e. The molecule has 0 atom stereocenters. The Morgan fingerprint density at radius 2 is 2.08 bits per heavy atom. The Balaban J connectivity index is 0.000000310. The Morgan fingerprint density at radius 3 is 2.38 bits per heavy atom. The summed E-state index contributed by atoms with van der Waals surface area (Å²) in [4.78, 5) is 9.00. The molecular formula is C8H9BrFNO2. The van der Waals surface area contributed by atoms with E-state index in [1.54, 1.807) is 6.07 Å². The average Bonchev–Trinajstić information content (AvgIpc) is 1.96. The molecule has 72 valence electrons. The number of carboxylic acids is 1. The summed E-state index contributed by atoms with van der Waals surface area (Å²) < 4.78 is 13.1. The number of aliphatic carboxylic acids is 1. The SMILES string of the molecule is CC(=O)O.Nc1cc(Br)ccc1F. The second-order valence-corrected chi connectivity index (χ2v) is 3.10. The van der Waals surface area contributed by atoms with Crippen LogP contribution in [-0.2, 0) is 4.79 Å². The first-order valence-electron chi connectivity index (χ1n) is 3.33. The molecule has 0 bridgehead atoms. The summed E-state index contributed by atoms with van der Waals surface area (Å²) in [5.74, 6) is -1.21. The minimum Gasteiger partial charge on any atom is -0.481 e. The number of hydrogen-bond acceptors (Lipinski definition) is 2. The number of nitrogens with two attached hydrogens (primary N) is 1. The van der Waals surface area contributed by atoms with Gasteiger partial charge in [-0.05, 0) is 18.2 Å². The zero-order valence-electron chi connectivity index (χ0n) is 6.92. The highest BCUT2D eigenvalue weighted by Gasteiger charge is 1.94. The van der Waals surface area contributed by atoms with Crippen LogP contribution in [0.15, 0.2) is 22.7 Å². The number of benzene rings is 1. The minimum atomic E-state index is -0.833. The monoisotopic (exact) mass is 249 g/mol. The molecule has 1 aromatic rings. The van der Waals surface area contributed by atoms with E-state index in [2.05, 4.69) is 15.9 Å². The Kier molecular flexibility index (Phi) is 5.06. The largest absolute Gasteiger partial charge is 0.481 e. The van der Waals surface area contributed by atoms with Crippen LogP contribution in [0.4, 0.5) is 10.1 Å². The molecule has 0 radical (unpaired) electrons. The van der Waals surface area contributed by atoms with Crippen molar-refractivity contribution in [3.8, 4) is 0 Å². The third-order valence-electron chi connectivity index (χ3n) is 0.958. The first-order valence-corrected chi connectivity index (χ1v) is 4.13. The van der Waals surface area contributed by atoms with Crippen molar-refractivity contribution < 1.29 is 14.3 Å². The van der Waals surface area contributed by atoms with Crippen molar-refractivity contribution in [1.29, 1.82) is 0 Å². The van der Waals surface area contributed by atoms with Gasteiger partial charge in [0.1, 0.15) is 5.82 Å². The van der Waals surface area contributed by atoms with E-state index in [0.717, 1.165) is 11.4 Å². The number of nitrogen functional groups attached to an aromatic ring is 1. The van der Waals surface area contributed by atoms with Gasteiger partial charge in [-0.15, -0.1) is 0 Å². The fraction of sp³-hybridized carbons (Fsp3) is 0.125. The van der Waals surface area contributed by atoms with Crippen LogP contribution in [0.3, 0.4) is 0 Å². The molecular weight excluding hydrogens is 241 g/mol. The number of hydrogen-bond donors (Lipinski definition) is 2. The molecule has 3 nitrogen and oxygen atoms in total. The number of rotatable bonds is 0. The van der Waals surface area contributed by atoms with Crippen LogP contribution >= 0.6 is 15.9 Å². The van der Waals surface area contributed by atoms with E-state index in [1.807, 2.05) is 0 Å². The Morgan fingerprint density at radius 1 is 1.62 bits per heavy atom. The predicted octanol–water partition coefficient (Wildman–Crippen LogP) is 2.26. The van der Waals surface area contributed by atoms with Crippen molar-refractivity contribution in [3.05, 3.63) is 28.5 Å². The van der Waals surface area contributed by atoms with Crippen molar-refractivity contribution in [2.24, 2.45) is 0 Å². The van der Waals surface area contributed by atoms with Gasteiger partial charge in [-0.2, -0.15) is 0 Å².